The number of anilines is 2. The Morgan fingerprint density at radius 1 is 0.935 bits per heavy atom. The van der Waals surface area contributed by atoms with E-state index < -0.39 is 24.4 Å². The number of ether oxygens (including phenoxy) is 2. The van der Waals surface area contributed by atoms with Gasteiger partial charge in [0.1, 0.15) is 5.75 Å². The zero-order valence-corrected chi connectivity index (χ0v) is 18.7. The Morgan fingerprint density at radius 3 is 2.23 bits per heavy atom. The highest BCUT2D eigenvalue weighted by Gasteiger charge is 2.14. The topological polar surface area (TPSA) is 93.7 Å². The quantitative estimate of drug-likeness (QED) is 0.528. The van der Waals surface area contributed by atoms with E-state index in [9.17, 15) is 14.4 Å². The van der Waals surface area contributed by atoms with Crippen molar-refractivity contribution in [1.29, 1.82) is 0 Å². The van der Waals surface area contributed by atoms with Crippen LogP contribution < -0.4 is 15.4 Å². The van der Waals surface area contributed by atoms with Crippen molar-refractivity contribution in [2.75, 3.05) is 24.4 Å². The Bertz CT molecular complexity index is 923. The molecule has 0 atom stereocenters. The van der Waals surface area contributed by atoms with Gasteiger partial charge in [-0.25, -0.2) is 0 Å². The number of hydrogen-bond donors (Lipinski definition) is 2. The zero-order valence-electron chi connectivity index (χ0n) is 17.9. The van der Waals surface area contributed by atoms with Crippen molar-refractivity contribution in [3.05, 3.63) is 52.5 Å². The second-order valence-corrected chi connectivity index (χ2v) is 7.20. The number of methoxy groups -OCH3 is 1. The van der Waals surface area contributed by atoms with Crippen molar-refractivity contribution in [2.45, 2.75) is 39.5 Å². The van der Waals surface area contributed by atoms with Crippen molar-refractivity contribution in [3.63, 3.8) is 0 Å². The number of rotatable bonds is 10. The smallest absolute Gasteiger partial charge is 0.306 e. The molecule has 2 aromatic carbocycles. The molecule has 0 saturated carbocycles. The van der Waals surface area contributed by atoms with Crippen LogP contribution in [0.4, 0.5) is 11.4 Å². The number of nitrogens with one attached hydrogen (secondary N) is 2. The molecule has 2 rings (SSSR count). The van der Waals surface area contributed by atoms with Crippen LogP contribution in [0.2, 0.25) is 5.02 Å². The molecule has 0 aromatic heterocycles. The largest absolute Gasteiger partial charge is 0.495 e. The van der Waals surface area contributed by atoms with Gasteiger partial charge >= 0.3 is 5.97 Å². The van der Waals surface area contributed by atoms with Crippen LogP contribution in [0, 0.1) is 0 Å². The average molecular weight is 447 g/mol. The average Bonchev–Trinajstić information content (AvgIpc) is 2.76. The van der Waals surface area contributed by atoms with E-state index in [0.717, 1.165) is 29.7 Å². The van der Waals surface area contributed by atoms with E-state index in [1.165, 1.54) is 7.11 Å². The molecule has 0 fully saturated rings. The second-order valence-electron chi connectivity index (χ2n) is 6.76. The summed E-state index contributed by atoms with van der Waals surface area (Å²) in [5.41, 5.74) is 3.22. The van der Waals surface area contributed by atoms with E-state index in [1.54, 1.807) is 18.2 Å². The van der Waals surface area contributed by atoms with Crippen LogP contribution in [0.5, 0.6) is 5.75 Å². The predicted octanol–water partition coefficient (Wildman–Crippen LogP) is 4.37. The van der Waals surface area contributed by atoms with Crippen LogP contribution in [-0.4, -0.2) is 31.5 Å². The van der Waals surface area contributed by atoms with Gasteiger partial charge in [0.05, 0.1) is 19.2 Å². The fourth-order valence-electron chi connectivity index (χ4n) is 3.00. The summed E-state index contributed by atoms with van der Waals surface area (Å²) in [6.45, 7) is 3.60. The monoisotopic (exact) mass is 446 g/mol. The summed E-state index contributed by atoms with van der Waals surface area (Å²) in [6, 6.07) is 10.7. The van der Waals surface area contributed by atoms with Crippen LogP contribution in [0.3, 0.4) is 0 Å². The number of hydrogen-bond acceptors (Lipinski definition) is 5. The Hall–Kier alpha value is -3.06. The lowest BCUT2D eigenvalue weighted by molar-refractivity contribution is -0.147. The SMILES string of the molecule is CCc1cccc(CC)c1NC(=O)COC(=O)CCC(=O)Nc1cc(Cl)ccc1OC. The van der Waals surface area contributed by atoms with Gasteiger partial charge < -0.3 is 20.1 Å². The highest BCUT2D eigenvalue weighted by molar-refractivity contribution is 6.31. The maximum atomic E-state index is 12.2. The third kappa shape index (κ3) is 7.29. The number of para-hydroxylation sites is 1. The third-order valence-electron chi connectivity index (χ3n) is 4.62. The Kier molecular flexibility index (Phi) is 9.34. The first-order valence-electron chi connectivity index (χ1n) is 10.1. The van der Waals surface area contributed by atoms with Crippen molar-refractivity contribution in [3.8, 4) is 5.75 Å². The number of amides is 2. The summed E-state index contributed by atoms with van der Waals surface area (Å²) < 4.78 is 10.2. The van der Waals surface area contributed by atoms with Gasteiger partial charge in [-0.15, -0.1) is 0 Å². The maximum absolute atomic E-state index is 12.2. The summed E-state index contributed by atoms with van der Waals surface area (Å²) in [4.78, 5) is 36.3. The van der Waals surface area contributed by atoms with Gasteiger partial charge in [-0.3, -0.25) is 14.4 Å². The highest BCUT2D eigenvalue weighted by atomic mass is 35.5. The number of carbonyl (C=O) groups excluding carboxylic acids is 3. The second kappa shape index (κ2) is 12.0. The first-order valence-corrected chi connectivity index (χ1v) is 10.4. The van der Waals surface area contributed by atoms with Gasteiger partial charge in [0.25, 0.3) is 5.91 Å². The summed E-state index contributed by atoms with van der Waals surface area (Å²) in [5.74, 6) is -0.998. The van der Waals surface area contributed by atoms with Crippen molar-refractivity contribution < 1.29 is 23.9 Å². The Balaban J connectivity index is 1.81. The van der Waals surface area contributed by atoms with Crippen molar-refractivity contribution in [2.24, 2.45) is 0 Å². The van der Waals surface area contributed by atoms with E-state index in [1.807, 2.05) is 32.0 Å². The highest BCUT2D eigenvalue weighted by Crippen LogP contribution is 2.27. The van der Waals surface area contributed by atoms with E-state index >= 15 is 0 Å². The van der Waals surface area contributed by atoms with E-state index in [2.05, 4.69) is 10.6 Å². The fraction of sp³-hybridized carbons (Fsp3) is 0.348. The summed E-state index contributed by atoms with van der Waals surface area (Å²) in [5, 5.41) is 5.92. The van der Waals surface area contributed by atoms with E-state index in [0.29, 0.717) is 16.5 Å². The molecule has 31 heavy (non-hydrogen) atoms. The minimum atomic E-state index is -0.636. The molecule has 0 bridgehead atoms. The number of benzene rings is 2. The maximum Gasteiger partial charge on any atom is 0.306 e. The molecule has 0 radical (unpaired) electrons. The zero-order chi connectivity index (χ0) is 22.8. The molecular weight excluding hydrogens is 420 g/mol. The molecule has 0 spiro atoms. The normalized spacial score (nSPS) is 10.3. The summed E-state index contributed by atoms with van der Waals surface area (Å²) in [7, 11) is 1.48. The number of halogens is 1. The van der Waals surface area contributed by atoms with Gasteiger partial charge in [0, 0.05) is 17.1 Å². The van der Waals surface area contributed by atoms with Crippen LogP contribution in [0.25, 0.3) is 0 Å². The predicted molar refractivity (Wildman–Crippen MR) is 121 cm³/mol. The fourth-order valence-corrected chi connectivity index (χ4v) is 3.18. The van der Waals surface area contributed by atoms with Gasteiger partial charge in [-0.2, -0.15) is 0 Å². The van der Waals surface area contributed by atoms with Gasteiger partial charge in [0.2, 0.25) is 5.91 Å². The van der Waals surface area contributed by atoms with Crippen molar-refractivity contribution >= 4 is 40.8 Å². The molecule has 2 N–H and O–H groups in total. The minimum absolute atomic E-state index is 0.102. The molecule has 0 aliphatic carbocycles. The molecule has 0 aliphatic heterocycles. The van der Waals surface area contributed by atoms with Gasteiger partial charge in [0.15, 0.2) is 6.61 Å². The third-order valence-corrected chi connectivity index (χ3v) is 4.85. The van der Waals surface area contributed by atoms with Crippen LogP contribution in [0.1, 0.15) is 37.8 Å². The molecule has 7 nitrogen and oxygen atoms in total. The first kappa shape index (κ1) is 24.2. The van der Waals surface area contributed by atoms with Gasteiger partial charge in [-0.1, -0.05) is 43.6 Å². The molecule has 2 amide bonds. The van der Waals surface area contributed by atoms with Crippen LogP contribution in [0.15, 0.2) is 36.4 Å². The lowest BCUT2D eigenvalue weighted by Gasteiger charge is -2.14. The van der Waals surface area contributed by atoms with E-state index in [4.69, 9.17) is 21.1 Å². The van der Waals surface area contributed by atoms with Gasteiger partial charge in [-0.05, 0) is 42.2 Å². The van der Waals surface area contributed by atoms with E-state index in [-0.39, 0.29) is 12.8 Å². The molecule has 0 heterocycles. The number of esters is 1. The summed E-state index contributed by atoms with van der Waals surface area (Å²) in [6.07, 6.45) is 1.29. The standard InChI is InChI=1S/C23H27ClN2O5/c1-4-15-7-6-8-16(5-2)23(15)26-21(28)14-31-22(29)12-11-20(27)25-18-13-17(24)9-10-19(18)30-3/h6-10,13H,4-5,11-12,14H2,1-3H3,(H,25,27)(H,26,28). The summed E-state index contributed by atoms with van der Waals surface area (Å²) >= 11 is 5.93. The molecule has 166 valence electrons. The lowest BCUT2D eigenvalue weighted by Crippen LogP contribution is -2.23. The van der Waals surface area contributed by atoms with Crippen LogP contribution >= 0.6 is 11.6 Å². The molecule has 8 heteroatoms. The molecular formula is C23H27ClN2O5. The Morgan fingerprint density at radius 2 is 1.61 bits per heavy atom. The number of aryl methyl sites for hydroxylation is 2. The molecule has 0 aliphatic rings. The number of carbonyl (C=O) groups is 3. The molecule has 0 unspecified atom stereocenters. The molecule has 0 saturated heterocycles. The minimum Gasteiger partial charge on any atom is -0.495 e. The first-order chi connectivity index (χ1) is 14.9. The lowest BCUT2D eigenvalue weighted by atomic mass is 10.0. The molecule has 2 aromatic rings. The van der Waals surface area contributed by atoms with Crippen LogP contribution in [-0.2, 0) is 32.0 Å². The Labute approximate surface area is 187 Å². The van der Waals surface area contributed by atoms with Crippen molar-refractivity contribution in [1.82, 2.24) is 0 Å².